The molecule has 0 saturated carbocycles. The first kappa shape index (κ1) is 23.6. The minimum atomic E-state index is -0.901. The van der Waals surface area contributed by atoms with Crippen molar-refractivity contribution in [3.63, 3.8) is 0 Å². The van der Waals surface area contributed by atoms with Crippen molar-refractivity contribution >= 4 is 29.2 Å². The summed E-state index contributed by atoms with van der Waals surface area (Å²) in [6, 6.07) is 9.87. The molecule has 3 aromatic rings. The van der Waals surface area contributed by atoms with E-state index in [0.29, 0.717) is 40.1 Å². The van der Waals surface area contributed by atoms with Gasteiger partial charge in [0, 0.05) is 24.1 Å². The number of fused-ring (bicyclic) bond motifs is 1. The van der Waals surface area contributed by atoms with Gasteiger partial charge in [0.2, 0.25) is 5.91 Å². The number of benzene rings is 2. The highest BCUT2D eigenvalue weighted by Gasteiger charge is 2.42. The van der Waals surface area contributed by atoms with Crippen LogP contribution in [-0.4, -0.2) is 41.4 Å². The van der Waals surface area contributed by atoms with Crippen molar-refractivity contribution in [3.8, 4) is 11.5 Å². The smallest absolute Gasteiger partial charge is 0.251 e. The number of nitrogens with one attached hydrogen (secondary N) is 2. The van der Waals surface area contributed by atoms with E-state index in [9.17, 15) is 9.59 Å². The molecule has 9 heteroatoms. The van der Waals surface area contributed by atoms with Crippen LogP contribution in [0, 0.1) is 13.8 Å². The van der Waals surface area contributed by atoms with Crippen LogP contribution in [0.15, 0.2) is 36.4 Å². The average molecular weight is 483 g/mol. The predicted octanol–water partition coefficient (Wildman–Crippen LogP) is 3.98. The average Bonchev–Trinajstić information content (AvgIpc) is 3.07. The Morgan fingerprint density at radius 3 is 2.71 bits per heavy atom. The molecule has 0 radical (unpaired) electrons. The molecule has 0 unspecified atom stereocenters. The lowest BCUT2D eigenvalue weighted by Crippen LogP contribution is -2.50. The van der Waals surface area contributed by atoms with Crippen molar-refractivity contribution in [2.45, 2.75) is 32.7 Å². The van der Waals surface area contributed by atoms with Crippen LogP contribution in [0.3, 0.4) is 0 Å². The summed E-state index contributed by atoms with van der Waals surface area (Å²) in [7, 11) is 3.28. The van der Waals surface area contributed by atoms with E-state index in [2.05, 4.69) is 15.7 Å². The number of hydrogen-bond acceptors (Lipinski definition) is 5. The molecule has 178 valence electrons. The van der Waals surface area contributed by atoms with Gasteiger partial charge in [0.15, 0.2) is 11.5 Å². The number of carbonyl (C=O) groups is 2. The first-order chi connectivity index (χ1) is 16.2. The lowest BCUT2D eigenvalue weighted by molar-refractivity contribution is -0.118. The molecule has 2 atom stereocenters. The maximum atomic E-state index is 13.3. The van der Waals surface area contributed by atoms with Crippen LogP contribution in [0.2, 0.25) is 5.02 Å². The number of aromatic nitrogens is 2. The van der Waals surface area contributed by atoms with Crippen LogP contribution in [0.5, 0.6) is 11.5 Å². The molecule has 0 fully saturated rings. The topological polar surface area (TPSA) is 94.5 Å². The van der Waals surface area contributed by atoms with Gasteiger partial charge in [0.05, 0.1) is 24.4 Å². The SMILES string of the molecule is CCOc1cc([C@@H]2c3c(C)nn(C)c3NC(=O)[C@H]2NC(=O)c2cccc(C)c2)cc(Cl)c1OC. The number of rotatable bonds is 6. The highest BCUT2D eigenvalue weighted by Crippen LogP contribution is 2.44. The zero-order chi connectivity index (χ0) is 24.6. The molecule has 8 nitrogen and oxygen atoms in total. The van der Waals surface area contributed by atoms with Crippen LogP contribution in [0.4, 0.5) is 5.82 Å². The molecular weight excluding hydrogens is 456 g/mol. The molecule has 1 aromatic heterocycles. The molecule has 2 N–H and O–H groups in total. The van der Waals surface area contributed by atoms with Gasteiger partial charge < -0.3 is 20.1 Å². The Bertz CT molecular complexity index is 1270. The van der Waals surface area contributed by atoms with E-state index >= 15 is 0 Å². The normalized spacial score (nSPS) is 17.1. The predicted molar refractivity (Wildman–Crippen MR) is 130 cm³/mol. The van der Waals surface area contributed by atoms with E-state index in [1.54, 1.807) is 36.0 Å². The zero-order valence-electron chi connectivity index (χ0n) is 19.7. The molecule has 1 aliphatic rings. The third-order valence-corrected chi connectivity index (χ3v) is 6.18. The zero-order valence-corrected chi connectivity index (χ0v) is 20.5. The number of amides is 2. The van der Waals surface area contributed by atoms with Gasteiger partial charge in [-0.25, -0.2) is 0 Å². The minimum absolute atomic E-state index is 0.341. The Hall–Kier alpha value is -3.52. The summed E-state index contributed by atoms with van der Waals surface area (Å²) in [5.74, 6) is 0.225. The molecule has 0 spiro atoms. The van der Waals surface area contributed by atoms with E-state index in [-0.39, 0.29) is 11.8 Å². The van der Waals surface area contributed by atoms with Gasteiger partial charge in [0.25, 0.3) is 5.91 Å². The maximum Gasteiger partial charge on any atom is 0.251 e. The second kappa shape index (κ2) is 9.38. The van der Waals surface area contributed by atoms with Gasteiger partial charge in [-0.1, -0.05) is 29.3 Å². The highest BCUT2D eigenvalue weighted by atomic mass is 35.5. The number of ether oxygens (including phenoxy) is 2. The monoisotopic (exact) mass is 482 g/mol. The van der Waals surface area contributed by atoms with Crippen molar-refractivity contribution in [1.82, 2.24) is 15.1 Å². The Morgan fingerprint density at radius 1 is 1.26 bits per heavy atom. The molecule has 34 heavy (non-hydrogen) atoms. The minimum Gasteiger partial charge on any atom is -0.491 e. The van der Waals surface area contributed by atoms with Crippen molar-refractivity contribution in [2.24, 2.45) is 7.05 Å². The number of hydrogen-bond donors (Lipinski definition) is 2. The summed E-state index contributed by atoms with van der Waals surface area (Å²) in [6.07, 6.45) is 0. The number of anilines is 1. The van der Waals surface area contributed by atoms with Crippen LogP contribution >= 0.6 is 11.6 Å². The maximum absolute atomic E-state index is 13.3. The lowest BCUT2D eigenvalue weighted by atomic mass is 9.81. The van der Waals surface area contributed by atoms with E-state index < -0.39 is 12.0 Å². The van der Waals surface area contributed by atoms with Gasteiger partial charge in [-0.2, -0.15) is 5.10 Å². The third kappa shape index (κ3) is 4.21. The molecule has 0 saturated heterocycles. The molecule has 0 aliphatic carbocycles. The fraction of sp³-hybridized carbons (Fsp3) is 0.320. The quantitative estimate of drug-likeness (QED) is 0.554. The summed E-state index contributed by atoms with van der Waals surface area (Å²) >= 11 is 6.55. The Morgan fingerprint density at radius 2 is 2.03 bits per heavy atom. The summed E-state index contributed by atoms with van der Waals surface area (Å²) in [5, 5.41) is 10.7. The number of carbonyl (C=O) groups excluding carboxylic acids is 2. The molecule has 2 amide bonds. The first-order valence-electron chi connectivity index (χ1n) is 11.0. The van der Waals surface area contributed by atoms with E-state index in [1.165, 1.54) is 7.11 Å². The third-order valence-electron chi connectivity index (χ3n) is 5.90. The summed E-state index contributed by atoms with van der Waals surface area (Å²) in [4.78, 5) is 26.4. The van der Waals surface area contributed by atoms with E-state index in [0.717, 1.165) is 16.8 Å². The Balaban J connectivity index is 1.85. The Labute approximate surface area is 203 Å². The van der Waals surface area contributed by atoms with E-state index in [4.69, 9.17) is 21.1 Å². The molecule has 2 aromatic carbocycles. The van der Waals surface area contributed by atoms with Gasteiger partial charge >= 0.3 is 0 Å². The van der Waals surface area contributed by atoms with Crippen LogP contribution in [-0.2, 0) is 11.8 Å². The second-order valence-electron chi connectivity index (χ2n) is 8.23. The van der Waals surface area contributed by atoms with Crippen molar-refractivity contribution in [3.05, 3.63) is 69.4 Å². The van der Waals surface area contributed by atoms with Gasteiger partial charge in [-0.05, 0) is 50.6 Å². The van der Waals surface area contributed by atoms with Crippen LogP contribution < -0.4 is 20.1 Å². The van der Waals surface area contributed by atoms with Crippen LogP contribution in [0.1, 0.15) is 45.6 Å². The molecule has 2 heterocycles. The lowest BCUT2D eigenvalue weighted by Gasteiger charge is -2.33. The number of aryl methyl sites for hydroxylation is 3. The second-order valence-corrected chi connectivity index (χ2v) is 8.63. The molecule has 4 rings (SSSR count). The molecular formula is C25H27ClN4O4. The van der Waals surface area contributed by atoms with Gasteiger partial charge in [-0.3, -0.25) is 14.3 Å². The van der Waals surface area contributed by atoms with Crippen molar-refractivity contribution in [2.75, 3.05) is 19.0 Å². The fourth-order valence-corrected chi connectivity index (χ4v) is 4.75. The van der Waals surface area contributed by atoms with E-state index in [1.807, 2.05) is 32.9 Å². The summed E-state index contributed by atoms with van der Waals surface area (Å²) < 4.78 is 12.8. The van der Waals surface area contributed by atoms with Gasteiger partial charge in [0.1, 0.15) is 11.9 Å². The largest absolute Gasteiger partial charge is 0.491 e. The first-order valence-corrected chi connectivity index (χ1v) is 11.3. The van der Waals surface area contributed by atoms with Crippen LogP contribution in [0.25, 0.3) is 0 Å². The molecule has 0 bridgehead atoms. The van der Waals surface area contributed by atoms with Crippen molar-refractivity contribution < 1.29 is 19.1 Å². The number of halogens is 1. The summed E-state index contributed by atoms with van der Waals surface area (Å²) in [6.45, 7) is 6.05. The molecule has 1 aliphatic heterocycles. The number of nitrogens with zero attached hydrogens (tertiary/aromatic N) is 2. The fourth-order valence-electron chi connectivity index (χ4n) is 4.45. The van der Waals surface area contributed by atoms with Gasteiger partial charge in [-0.15, -0.1) is 0 Å². The Kier molecular flexibility index (Phi) is 6.52. The van der Waals surface area contributed by atoms with Crippen molar-refractivity contribution in [1.29, 1.82) is 0 Å². The number of methoxy groups -OCH3 is 1. The standard InChI is InChI=1S/C25H27ClN4O4/c1-6-34-18-12-16(11-17(26)22(18)33-5)20-19-14(3)29-30(4)23(19)28-25(32)21(20)27-24(31)15-9-7-8-13(2)10-15/h7-12,20-21H,6H2,1-5H3,(H,27,31)(H,28,32)/t20-,21+/m1/s1. The summed E-state index contributed by atoms with van der Waals surface area (Å²) in [5.41, 5.74) is 3.67. The highest BCUT2D eigenvalue weighted by molar-refractivity contribution is 6.32.